The number of amides is 1. The number of para-hydroxylation sites is 1. The third-order valence-corrected chi connectivity index (χ3v) is 3.55. The number of aromatic nitrogens is 1. The minimum atomic E-state index is -0.690. The number of aliphatic imine (C=N–C) groups is 1. The molecule has 0 spiro atoms. The van der Waals surface area contributed by atoms with E-state index in [1.165, 1.54) is 18.2 Å². The summed E-state index contributed by atoms with van der Waals surface area (Å²) in [5, 5.41) is 11.6. The summed E-state index contributed by atoms with van der Waals surface area (Å²) in [6.07, 6.45) is 0. The lowest BCUT2D eigenvalue weighted by Crippen LogP contribution is -2.24. The zero-order chi connectivity index (χ0) is 18.0. The van der Waals surface area contributed by atoms with Crippen LogP contribution in [-0.2, 0) is 0 Å². The topological polar surface area (TPSA) is 138 Å². The van der Waals surface area contributed by atoms with Crippen LogP contribution < -0.4 is 11.5 Å². The molecular formula is C17H13N5O3. The van der Waals surface area contributed by atoms with E-state index < -0.39 is 10.8 Å². The molecule has 0 aliphatic carbocycles. The molecule has 4 N–H and O–H groups in total. The smallest absolute Gasteiger partial charge is 0.295 e. The summed E-state index contributed by atoms with van der Waals surface area (Å²) in [5.74, 6) is -1.08. The van der Waals surface area contributed by atoms with Crippen LogP contribution in [0.5, 0.6) is 0 Å². The molecule has 0 aliphatic rings. The molecular weight excluding hydrogens is 322 g/mol. The van der Waals surface area contributed by atoms with Gasteiger partial charge >= 0.3 is 0 Å². The largest absolute Gasteiger partial charge is 0.370 e. The van der Waals surface area contributed by atoms with Gasteiger partial charge in [-0.3, -0.25) is 14.9 Å². The third kappa shape index (κ3) is 3.13. The first-order valence-electron chi connectivity index (χ1n) is 7.25. The number of benzene rings is 2. The monoisotopic (exact) mass is 335 g/mol. The highest BCUT2D eigenvalue weighted by Gasteiger charge is 2.20. The highest BCUT2D eigenvalue weighted by molar-refractivity contribution is 6.12. The lowest BCUT2D eigenvalue weighted by atomic mass is 10.0. The predicted octanol–water partition coefficient (Wildman–Crippen LogP) is 2.22. The SMILES string of the molecule is NC(N)=NC(=O)c1cc(-c2ccccc2)nc2c([N+](=O)[O-])cccc12. The van der Waals surface area contributed by atoms with E-state index in [1.807, 2.05) is 6.07 Å². The number of carbonyl (C=O) groups excluding carboxylic acids is 1. The van der Waals surface area contributed by atoms with Gasteiger partial charge in [-0.2, -0.15) is 4.99 Å². The number of fused-ring (bicyclic) bond motifs is 1. The van der Waals surface area contributed by atoms with E-state index >= 15 is 0 Å². The molecule has 0 atom stereocenters. The summed E-state index contributed by atoms with van der Waals surface area (Å²) >= 11 is 0. The quantitative estimate of drug-likeness (QED) is 0.326. The van der Waals surface area contributed by atoms with Crippen LogP contribution in [0.1, 0.15) is 10.4 Å². The molecule has 0 saturated heterocycles. The molecule has 0 bridgehead atoms. The molecule has 1 heterocycles. The second-order valence-electron chi connectivity index (χ2n) is 5.19. The van der Waals surface area contributed by atoms with Crippen molar-refractivity contribution in [3.63, 3.8) is 0 Å². The van der Waals surface area contributed by atoms with E-state index in [0.717, 1.165) is 0 Å². The molecule has 1 amide bonds. The van der Waals surface area contributed by atoms with Gasteiger partial charge in [0.1, 0.15) is 5.52 Å². The maximum atomic E-state index is 12.4. The first kappa shape index (κ1) is 16.1. The Morgan fingerprint density at radius 1 is 1.08 bits per heavy atom. The van der Waals surface area contributed by atoms with Crippen molar-refractivity contribution in [2.24, 2.45) is 16.5 Å². The fraction of sp³-hybridized carbons (Fsp3) is 0. The van der Waals surface area contributed by atoms with Gasteiger partial charge in [0.2, 0.25) is 0 Å². The maximum absolute atomic E-state index is 12.4. The van der Waals surface area contributed by atoms with Crippen LogP contribution in [0.4, 0.5) is 5.69 Å². The molecule has 0 unspecified atom stereocenters. The van der Waals surface area contributed by atoms with Gasteiger partial charge in [0.05, 0.1) is 16.2 Å². The number of carbonyl (C=O) groups is 1. The lowest BCUT2D eigenvalue weighted by Gasteiger charge is -2.08. The van der Waals surface area contributed by atoms with E-state index in [9.17, 15) is 14.9 Å². The normalized spacial score (nSPS) is 10.4. The Bertz CT molecular complexity index is 1010. The number of nitro groups is 1. The Balaban J connectivity index is 2.37. The fourth-order valence-corrected chi connectivity index (χ4v) is 2.49. The summed E-state index contributed by atoms with van der Waals surface area (Å²) in [6.45, 7) is 0. The molecule has 8 nitrogen and oxygen atoms in total. The van der Waals surface area contributed by atoms with Crippen molar-refractivity contribution in [1.29, 1.82) is 0 Å². The van der Waals surface area contributed by atoms with E-state index in [4.69, 9.17) is 11.5 Å². The summed E-state index contributed by atoms with van der Waals surface area (Å²) < 4.78 is 0. The summed E-state index contributed by atoms with van der Waals surface area (Å²) in [5.41, 5.74) is 11.7. The Morgan fingerprint density at radius 3 is 2.44 bits per heavy atom. The standard InChI is InChI=1S/C17H13N5O3/c18-17(19)21-16(23)12-9-13(10-5-2-1-3-6-10)20-15-11(12)7-4-8-14(15)22(24)25/h1-9H,(H4,18,19,21,23). The van der Waals surface area contributed by atoms with Gasteiger partial charge in [-0.15, -0.1) is 0 Å². The molecule has 0 aliphatic heterocycles. The minimum Gasteiger partial charge on any atom is -0.370 e. The van der Waals surface area contributed by atoms with Gasteiger partial charge < -0.3 is 11.5 Å². The molecule has 25 heavy (non-hydrogen) atoms. The fourth-order valence-electron chi connectivity index (χ4n) is 2.49. The Hall–Kier alpha value is -3.81. The van der Waals surface area contributed by atoms with Gasteiger partial charge in [-0.1, -0.05) is 42.5 Å². The second-order valence-corrected chi connectivity index (χ2v) is 5.19. The van der Waals surface area contributed by atoms with Crippen molar-refractivity contribution in [2.75, 3.05) is 0 Å². The van der Waals surface area contributed by atoms with Gasteiger partial charge in [-0.05, 0) is 6.07 Å². The molecule has 2 aromatic carbocycles. The van der Waals surface area contributed by atoms with Gasteiger partial charge in [0, 0.05) is 17.0 Å². The van der Waals surface area contributed by atoms with Crippen molar-refractivity contribution in [1.82, 2.24) is 4.98 Å². The number of non-ortho nitro benzene ring substituents is 1. The van der Waals surface area contributed by atoms with Crippen molar-refractivity contribution >= 4 is 28.5 Å². The second kappa shape index (κ2) is 6.36. The molecule has 3 aromatic rings. The number of hydrogen-bond donors (Lipinski definition) is 2. The highest BCUT2D eigenvalue weighted by Crippen LogP contribution is 2.30. The molecule has 0 radical (unpaired) electrons. The molecule has 8 heteroatoms. The number of pyridine rings is 1. The molecule has 124 valence electrons. The highest BCUT2D eigenvalue weighted by atomic mass is 16.6. The van der Waals surface area contributed by atoms with Crippen LogP contribution in [0.25, 0.3) is 22.2 Å². The number of guanidine groups is 1. The van der Waals surface area contributed by atoms with E-state index in [0.29, 0.717) is 16.6 Å². The lowest BCUT2D eigenvalue weighted by molar-refractivity contribution is -0.383. The van der Waals surface area contributed by atoms with Crippen LogP contribution in [0.15, 0.2) is 59.6 Å². The first-order chi connectivity index (χ1) is 12.0. The maximum Gasteiger partial charge on any atom is 0.295 e. The van der Waals surface area contributed by atoms with Crippen molar-refractivity contribution in [3.05, 3.63) is 70.3 Å². The number of rotatable bonds is 3. The van der Waals surface area contributed by atoms with Crippen LogP contribution in [0.3, 0.4) is 0 Å². The van der Waals surface area contributed by atoms with Gasteiger partial charge in [-0.25, -0.2) is 4.98 Å². The number of nitrogens with zero attached hydrogens (tertiary/aromatic N) is 3. The first-order valence-corrected chi connectivity index (χ1v) is 7.25. The zero-order valence-electron chi connectivity index (χ0n) is 12.9. The number of hydrogen-bond acceptors (Lipinski definition) is 4. The van der Waals surface area contributed by atoms with E-state index in [2.05, 4.69) is 9.98 Å². The molecule has 3 rings (SSSR count). The predicted molar refractivity (Wildman–Crippen MR) is 94.0 cm³/mol. The summed E-state index contributed by atoms with van der Waals surface area (Å²) in [6, 6.07) is 14.9. The minimum absolute atomic E-state index is 0.1000. The number of nitro benzene ring substituents is 1. The van der Waals surface area contributed by atoms with Gasteiger partial charge in [0.25, 0.3) is 11.6 Å². The van der Waals surface area contributed by atoms with Crippen LogP contribution in [0.2, 0.25) is 0 Å². The molecule has 1 aromatic heterocycles. The Morgan fingerprint density at radius 2 is 1.80 bits per heavy atom. The Kier molecular flexibility index (Phi) is 4.09. The van der Waals surface area contributed by atoms with Crippen molar-refractivity contribution in [2.45, 2.75) is 0 Å². The van der Waals surface area contributed by atoms with E-state index in [-0.39, 0.29) is 22.7 Å². The van der Waals surface area contributed by atoms with Gasteiger partial charge in [0.15, 0.2) is 5.96 Å². The van der Waals surface area contributed by atoms with Crippen molar-refractivity contribution in [3.8, 4) is 11.3 Å². The van der Waals surface area contributed by atoms with E-state index in [1.54, 1.807) is 30.3 Å². The molecule has 0 saturated carbocycles. The Labute approximate surface area is 142 Å². The van der Waals surface area contributed by atoms with Crippen LogP contribution in [0, 0.1) is 10.1 Å². The number of nitrogens with two attached hydrogens (primary N) is 2. The molecule has 0 fully saturated rings. The third-order valence-electron chi connectivity index (χ3n) is 3.55. The summed E-state index contributed by atoms with van der Waals surface area (Å²) in [7, 11) is 0. The average Bonchev–Trinajstić information content (AvgIpc) is 2.60. The van der Waals surface area contributed by atoms with Crippen LogP contribution >= 0.6 is 0 Å². The summed E-state index contributed by atoms with van der Waals surface area (Å²) in [4.78, 5) is 31.1. The van der Waals surface area contributed by atoms with Crippen LogP contribution in [-0.4, -0.2) is 21.8 Å². The zero-order valence-corrected chi connectivity index (χ0v) is 12.9. The van der Waals surface area contributed by atoms with Crippen molar-refractivity contribution < 1.29 is 9.72 Å². The average molecular weight is 335 g/mol.